The van der Waals surface area contributed by atoms with Gasteiger partial charge < -0.3 is 0 Å². The first-order chi connectivity index (χ1) is 8.87. The predicted molar refractivity (Wildman–Crippen MR) is 80.9 cm³/mol. The SMILES string of the molecule is Cc1cc(C)c(C)c(C(=O)C2(C)CCCCC2)c1C. The van der Waals surface area contributed by atoms with Gasteiger partial charge in [0.05, 0.1) is 0 Å². The minimum Gasteiger partial charge on any atom is -0.294 e. The van der Waals surface area contributed by atoms with Crippen molar-refractivity contribution in [1.29, 1.82) is 0 Å². The molecule has 104 valence electrons. The molecule has 0 heterocycles. The van der Waals surface area contributed by atoms with Gasteiger partial charge in [-0.1, -0.05) is 32.3 Å². The van der Waals surface area contributed by atoms with E-state index in [4.69, 9.17) is 0 Å². The Morgan fingerprint density at radius 1 is 0.947 bits per heavy atom. The molecule has 0 bridgehead atoms. The summed E-state index contributed by atoms with van der Waals surface area (Å²) in [5.41, 5.74) is 5.71. The molecule has 0 radical (unpaired) electrons. The Bertz CT molecular complexity index is 479. The highest BCUT2D eigenvalue weighted by Crippen LogP contribution is 2.40. The van der Waals surface area contributed by atoms with Crippen LogP contribution in [0.5, 0.6) is 0 Å². The second-order valence-corrected chi connectivity index (χ2v) is 6.59. The zero-order valence-corrected chi connectivity index (χ0v) is 13.0. The molecule has 1 aromatic carbocycles. The van der Waals surface area contributed by atoms with Gasteiger partial charge in [0.25, 0.3) is 0 Å². The van der Waals surface area contributed by atoms with E-state index >= 15 is 0 Å². The van der Waals surface area contributed by atoms with E-state index < -0.39 is 0 Å². The number of hydrogen-bond acceptors (Lipinski definition) is 1. The topological polar surface area (TPSA) is 17.1 Å². The summed E-state index contributed by atoms with van der Waals surface area (Å²) >= 11 is 0. The smallest absolute Gasteiger partial charge is 0.169 e. The summed E-state index contributed by atoms with van der Waals surface area (Å²) in [7, 11) is 0. The third-order valence-electron chi connectivity index (χ3n) is 5.10. The normalized spacial score (nSPS) is 18.4. The van der Waals surface area contributed by atoms with Crippen molar-refractivity contribution in [3.63, 3.8) is 0 Å². The molecular weight excluding hydrogens is 232 g/mol. The molecule has 1 nitrogen and oxygen atoms in total. The molecule has 1 aliphatic carbocycles. The van der Waals surface area contributed by atoms with E-state index in [0.717, 1.165) is 18.4 Å². The molecule has 19 heavy (non-hydrogen) atoms. The molecule has 1 saturated carbocycles. The van der Waals surface area contributed by atoms with Crippen LogP contribution >= 0.6 is 0 Å². The molecule has 2 rings (SSSR count). The minimum absolute atomic E-state index is 0.131. The zero-order chi connectivity index (χ0) is 14.2. The number of carbonyl (C=O) groups is 1. The highest BCUT2D eigenvalue weighted by molar-refractivity contribution is 6.03. The van der Waals surface area contributed by atoms with E-state index in [1.54, 1.807) is 0 Å². The molecule has 0 N–H and O–H groups in total. The lowest BCUT2D eigenvalue weighted by Gasteiger charge is -2.33. The molecule has 0 aliphatic heterocycles. The molecule has 0 saturated heterocycles. The molecule has 1 aliphatic rings. The molecule has 1 fully saturated rings. The van der Waals surface area contributed by atoms with Crippen molar-refractivity contribution in [2.45, 2.75) is 66.7 Å². The highest BCUT2D eigenvalue weighted by Gasteiger charge is 2.36. The summed E-state index contributed by atoms with van der Waals surface area (Å²) < 4.78 is 0. The number of hydrogen-bond donors (Lipinski definition) is 0. The van der Waals surface area contributed by atoms with Gasteiger partial charge in [-0.2, -0.15) is 0 Å². The molecular formula is C18H26O. The van der Waals surface area contributed by atoms with Crippen molar-refractivity contribution in [3.05, 3.63) is 33.9 Å². The average molecular weight is 258 g/mol. The van der Waals surface area contributed by atoms with Crippen LogP contribution in [0.3, 0.4) is 0 Å². The van der Waals surface area contributed by atoms with Crippen LogP contribution in [0, 0.1) is 33.1 Å². The number of ketones is 1. The van der Waals surface area contributed by atoms with Gasteiger partial charge in [0, 0.05) is 11.0 Å². The van der Waals surface area contributed by atoms with Gasteiger partial charge in [0.1, 0.15) is 0 Å². The second-order valence-electron chi connectivity index (χ2n) is 6.59. The average Bonchev–Trinajstić information content (AvgIpc) is 2.37. The molecule has 1 aromatic rings. The van der Waals surface area contributed by atoms with E-state index in [9.17, 15) is 4.79 Å². The van der Waals surface area contributed by atoms with Crippen LogP contribution in [0.2, 0.25) is 0 Å². The molecule has 1 heteroatoms. The van der Waals surface area contributed by atoms with Gasteiger partial charge in [0.15, 0.2) is 5.78 Å². The maximum absolute atomic E-state index is 13.1. The van der Waals surface area contributed by atoms with E-state index in [-0.39, 0.29) is 5.41 Å². The van der Waals surface area contributed by atoms with Crippen molar-refractivity contribution in [2.75, 3.05) is 0 Å². The lowest BCUT2D eigenvalue weighted by molar-refractivity contribution is 0.0748. The van der Waals surface area contributed by atoms with E-state index in [1.165, 1.54) is 41.5 Å². The Morgan fingerprint density at radius 2 is 1.42 bits per heavy atom. The zero-order valence-electron chi connectivity index (χ0n) is 13.0. The van der Waals surface area contributed by atoms with Crippen LogP contribution in [0.1, 0.15) is 71.6 Å². The van der Waals surface area contributed by atoms with Gasteiger partial charge in [-0.15, -0.1) is 0 Å². The Hall–Kier alpha value is -1.11. The maximum atomic E-state index is 13.1. The first-order valence-corrected chi connectivity index (χ1v) is 7.49. The van der Waals surface area contributed by atoms with E-state index in [2.05, 4.69) is 40.7 Å². The molecule has 0 aromatic heterocycles. The minimum atomic E-state index is -0.131. The van der Waals surface area contributed by atoms with Crippen LogP contribution in [0.4, 0.5) is 0 Å². The Morgan fingerprint density at radius 3 is 1.89 bits per heavy atom. The van der Waals surface area contributed by atoms with E-state index in [0.29, 0.717) is 5.78 Å². The Kier molecular flexibility index (Phi) is 3.85. The number of rotatable bonds is 2. The molecule has 0 amide bonds. The number of benzene rings is 1. The number of Topliss-reactive ketones (excluding diaryl/α,β-unsaturated/α-hetero) is 1. The first-order valence-electron chi connectivity index (χ1n) is 7.49. The van der Waals surface area contributed by atoms with Crippen LogP contribution in [-0.4, -0.2) is 5.78 Å². The third-order valence-corrected chi connectivity index (χ3v) is 5.10. The molecule has 0 atom stereocenters. The third kappa shape index (κ3) is 2.48. The quantitative estimate of drug-likeness (QED) is 0.677. The van der Waals surface area contributed by atoms with Gasteiger partial charge >= 0.3 is 0 Å². The van der Waals surface area contributed by atoms with Gasteiger partial charge in [-0.3, -0.25) is 4.79 Å². The van der Waals surface area contributed by atoms with Crippen LogP contribution in [0.25, 0.3) is 0 Å². The van der Waals surface area contributed by atoms with Crippen molar-refractivity contribution in [3.8, 4) is 0 Å². The number of aryl methyl sites for hydroxylation is 2. The van der Waals surface area contributed by atoms with Gasteiger partial charge in [-0.25, -0.2) is 0 Å². The van der Waals surface area contributed by atoms with Crippen LogP contribution in [-0.2, 0) is 0 Å². The van der Waals surface area contributed by atoms with Crippen LogP contribution < -0.4 is 0 Å². The standard InChI is InChI=1S/C18H26O/c1-12-11-13(2)15(4)16(14(12)3)17(19)18(5)9-7-6-8-10-18/h11H,6-10H2,1-5H3. The highest BCUT2D eigenvalue weighted by atomic mass is 16.1. The van der Waals surface area contributed by atoms with Gasteiger partial charge in [0.2, 0.25) is 0 Å². The van der Waals surface area contributed by atoms with Crippen molar-refractivity contribution < 1.29 is 4.79 Å². The summed E-state index contributed by atoms with van der Waals surface area (Å²) in [6, 6.07) is 2.20. The fourth-order valence-electron chi connectivity index (χ4n) is 3.42. The van der Waals surface area contributed by atoms with Crippen molar-refractivity contribution in [2.24, 2.45) is 5.41 Å². The molecule has 0 unspecified atom stereocenters. The summed E-state index contributed by atoms with van der Waals surface area (Å²) in [4.78, 5) is 13.1. The largest absolute Gasteiger partial charge is 0.294 e. The summed E-state index contributed by atoms with van der Waals surface area (Å²) in [5, 5.41) is 0. The summed E-state index contributed by atoms with van der Waals surface area (Å²) in [6.07, 6.45) is 5.79. The molecule has 0 spiro atoms. The van der Waals surface area contributed by atoms with Gasteiger partial charge in [-0.05, 0) is 62.8 Å². The van der Waals surface area contributed by atoms with E-state index in [1.807, 2.05) is 0 Å². The lowest BCUT2D eigenvalue weighted by atomic mass is 9.69. The Balaban J connectivity index is 2.49. The summed E-state index contributed by atoms with van der Waals surface area (Å²) in [6.45, 7) is 10.6. The number of carbonyl (C=O) groups excluding carboxylic acids is 1. The fraction of sp³-hybridized carbons (Fsp3) is 0.611. The maximum Gasteiger partial charge on any atom is 0.169 e. The first kappa shape index (κ1) is 14.3. The van der Waals surface area contributed by atoms with Crippen molar-refractivity contribution >= 4 is 5.78 Å². The fourth-order valence-corrected chi connectivity index (χ4v) is 3.42. The lowest BCUT2D eigenvalue weighted by Crippen LogP contribution is -2.31. The van der Waals surface area contributed by atoms with Crippen LogP contribution in [0.15, 0.2) is 6.07 Å². The summed E-state index contributed by atoms with van der Waals surface area (Å²) in [5.74, 6) is 0.383. The second kappa shape index (κ2) is 5.11. The monoisotopic (exact) mass is 258 g/mol. The van der Waals surface area contributed by atoms with Crippen molar-refractivity contribution in [1.82, 2.24) is 0 Å². The Labute approximate surface area is 117 Å². The predicted octanol–water partition coefficient (Wildman–Crippen LogP) is 5.07.